The lowest BCUT2D eigenvalue weighted by molar-refractivity contribution is -0.138. The summed E-state index contributed by atoms with van der Waals surface area (Å²) in [6.07, 6.45) is 7.67. The minimum Gasteiger partial charge on any atom is -0.462 e. The number of ether oxygens (including phenoxy) is 1. The molecular weight excluding hydrogens is 424 g/mol. The van der Waals surface area contributed by atoms with Gasteiger partial charge in [-0.05, 0) is 68.6 Å². The third-order valence-electron chi connectivity index (χ3n) is 6.47. The van der Waals surface area contributed by atoms with E-state index in [0.29, 0.717) is 18.9 Å². The van der Waals surface area contributed by atoms with E-state index in [0.717, 1.165) is 43.2 Å². The molecule has 1 aliphatic rings. The van der Waals surface area contributed by atoms with Crippen molar-refractivity contribution in [3.05, 3.63) is 41.5 Å². The second kappa shape index (κ2) is 12.3. The smallest absolute Gasteiger partial charge is 0.330 e. The molecule has 1 aromatic carbocycles. The second-order valence-electron chi connectivity index (χ2n) is 9.46. The number of carbonyl (C=O) groups excluding carboxylic acids is 2. The van der Waals surface area contributed by atoms with Crippen LogP contribution in [0.5, 0.6) is 0 Å². The zero-order chi connectivity index (χ0) is 23.7. The lowest BCUT2D eigenvalue weighted by Crippen LogP contribution is -2.29. The van der Waals surface area contributed by atoms with Crippen molar-refractivity contribution >= 4 is 27.7 Å². The summed E-state index contributed by atoms with van der Waals surface area (Å²) < 4.78 is 29.5. The Labute approximate surface area is 193 Å². The minimum absolute atomic E-state index is 0.0212. The van der Waals surface area contributed by atoms with Gasteiger partial charge in [0.05, 0.1) is 17.6 Å². The van der Waals surface area contributed by atoms with E-state index in [1.807, 2.05) is 31.2 Å². The van der Waals surface area contributed by atoms with Gasteiger partial charge in [0, 0.05) is 18.4 Å². The molecule has 1 atom stereocenters. The third-order valence-corrected chi connectivity index (χ3v) is 8.84. The van der Waals surface area contributed by atoms with E-state index in [-0.39, 0.29) is 34.6 Å². The van der Waals surface area contributed by atoms with Crippen molar-refractivity contribution in [2.45, 2.75) is 71.5 Å². The van der Waals surface area contributed by atoms with Crippen molar-refractivity contribution in [1.29, 1.82) is 0 Å². The van der Waals surface area contributed by atoms with E-state index in [1.54, 1.807) is 19.9 Å². The molecule has 0 heterocycles. The molecule has 0 N–H and O–H groups in total. The summed E-state index contributed by atoms with van der Waals surface area (Å²) >= 11 is 0. The van der Waals surface area contributed by atoms with Gasteiger partial charge in [-0.15, -0.1) is 0 Å². The summed E-state index contributed by atoms with van der Waals surface area (Å²) in [4.78, 5) is 24.5. The molecule has 0 aliphatic heterocycles. The van der Waals surface area contributed by atoms with Crippen molar-refractivity contribution in [3.8, 4) is 0 Å². The van der Waals surface area contributed by atoms with E-state index in [2.05, 4.69) is 6.92 Å². The highest BCUT2D eigenvalue weighted by Crippen LogP contribution is 2.31. The fraction of sp³-hybridized carbons (Fsp3) is 0.615. The molecule has 0 spiro atoms. The average molecular weight is 463 g/mol. The third kappa shape index (κ3) is 8.53. The number of esters is 1. The zero-order valence-corrected chi connectivity index (χ0v) is 20.7. The Morgan fingerprint density at radius 3 is 2.25 bits per heavy atom. The van der Waals surface area contributed by atoms with Crippen LogP contribution < -0.4 is 0 Å². The van der Waals surface area contributed by atoms with Crippen LogP contribution in [0.2, 0.25) is 0 Å². The summed E-state index contributed by atoms with van der Waals surface area (Å²) in [7, 11) is -3.03. The molecule has 2 rings (SSSR count). The van der Waals surface area contributed by atoms with Crippen molar-refractivity contribution < 1.29 is 22.7 Å². The molecule has 1 saturated carbocycles. The molecule has 0 radical (unpaired) electrons. The number of sulfone groups is 1. The van der Waals surface area contributed by atoms with Gasteiger partial charge in [-0.2, -0.15) is 0 Å². The van der Waals surface area contributed by atoms with E-state index in [9.17, 15) is 18.0 Å². The first-order valence-corrected chi connectivity index (χ1v) is 13.5. The van der Waals surface area contributed by atoms with Gasteiger partial charge in [-0.25, -0.2) is 13.2 Å². The van der Waals surface area contributed by atoms with Crippen LogP contribution in [0, 0.1) is 17.8 Å². The summed E-state index contributed by atoms with van der Waals surface area (Å²) in [5, 5.41) is -0.338. The fourth-order valence-corrected chi connectivity index (χ4v) is 5.19. The van der Waals surface area contributed by atoms with Crippen LogP contribution in [0.25, 0.3) is 6.08 Å². The van der Waals surface area contributed by atoms with Crippen molar-refractivity contribution in [1.82, 2.24) is 0 Å². The quantitative estimate of drug-likeness (QED) is 0.340. The van der Waals surface area contributed by atoms with Gasteiger partial charge < -0.3 is 4.74 Å². The SMILES string of the molecule is CCC(C)COC(=O)/C=C/c1ccc(CC(=O)C2CCC(CS(=O)(=O)C(C)C)CC2)cc1. The van der Waals surface area contributed by atoms with Crippen LogP contribution in [0.1, 0.15) is 70.9 Å². The molecule has 1 aliphatic carbocycles. The molecule has 1 aromatic rings. The van der Waals surface area contributed by atoms with Crippen LogP contribution in [0.4, 0.5) is 0 Å². The van der Waals surface area contributed by atoms with Crippen molar-refractivity contribution in [2.24, 2.45) is 17.8 Å². The standard InChI is InChI=1S/C26H38O5S/c1-5-20(4)17-31-26(28)15-12-21-6-8-22(9-7-21)16-25(27)24-13-10-23(11-14-24)18-32(29,30)19(2)3/h6-9,12,15,19-20,23-24H,5,10-11,13-14,16-18H2,1-4H3/b15-12+. The van der Waals surface area contributed by atoms with Crippen molar-refractivity contribution in [2.75, 3.05) is 12.4 Å². The van der Waals surface area contributed by atoms with E-state index in [1.165, 1.54) is 6.08 Å². The fourth-order valence-electron chi connectivity index (χ4n) is 3.82. The van der Waals surface area contributed by atoms with Crippen LogP contribution in [0.3, 0.4) is 0 Å². The van der Waals surface area contributed by atoms with Gasteiger partial charge in [0.15, 0.2) is 9.84 Å². The van der Waals surface area contributed by atoms with E-state index >= 15 is 0 Å². The first-order chi connectivity index (χ1) is 15.1. The Morgan fingerprint density at radius 2 is 1.69 bits per heavy atom. The second-order valence-corrected chi connectivity index (χ2v) is 12.1. The highest BCUT2D eigenvalue weighted by Gasteiger charge is 2.29. The molecule has 0 bridgehead atoms. The Hall–Kier alpha value is -1.95. The number of carbonyl (C=O) groups is 2. The van der Waals surface area contributed by atoms with E-state index in [4.69, 9.17) is 4.74 Å². The van der Waals surface area contributed by atoms with Gasteiger partial charge in [0.1, 0.15) is 5.78 Å². The van der Waals surface area contributed by atoms with Crippen LogP contribution >= 0.6 is 0 Å². The van der Waals surface area contributed by atoms with Gasteiger partial charge >= 0.3 is 5.97 Å². The number of benzene rings is 1. The monoisotopic (exact) mass is 462 g/mol. The molecule has 6 heteroatoms. The number of hydrogen-bond donors (Lipinski definition) is 0. The average Bonchev–Trinajstić information content (AvgIpc) is 2.77. The van der Waals surface area contributed by atoms with Gasteiger partial charge in [0.25, 0.3) is 0 Å². The first kappa shape index (κ1) is 26.3. The predicted octanol–water partition coefficient (Wildman–Crippen LogP) is 5.03. The number of Topliss-reactive ketones (excluding diaryl/α,β-unsaturated/α-hetero) is 1. The topological polar surface area (TPSA) is 77.5 Å². The minimum atomic E-state index is -3.03. The zero-order valence-electron chi connectivity index (χ0n) is 19.9. The Balaban J connectivity index is 1.79. The molecule has 0 saturated heterocycles. The lowest BCUT2D eigenvalue weighted by Gasteiger charge is -2.28. The molecule has 0 aromatic heterocycles. The molecular formula is C26H38O5S. The van der Waals surface area contributed by atoms with Crippen molar-refractivity contribution in [3.63, 3.8) is 0 Å². The molecule has 178 valence electrons. The number of ketones is 1. The maximum Gasteiger partial charge on any atom is 0.330 e. The number of rotatable bonds is 11. The van der Waals surface area contributed by atoms with Gasteiger partial charge in [-0.1, -0.05) is 44.5 Å². The highest BCUT2D eigenvalue weighted by molar-refractivity contribution is 7.91. The summed E-state index contributed by atoms with van der Waals surface area (Å²) in [6.45, 7) is 7.98. The molecule has 32 heavy (non-hydrogen) atoms. The Kier molecular flexibility index (Phi) is 10.1. The van der Waals surface area contributed by atoms with Crippen LogP contribution in [0.15, 0.2) is 30.3 Å². The van der Waals surface area contributed by atoms with Crippen LogP contribution in [-0.4, -0.2) is 37.8 Å². The maximum absolute atomic E-state index is 12.7. The molecule has 0 amide bonds. The molecule has 5 nitrogen and oxygen atoms in total. The lowest BCUT2D eigenvalue weighted by atomic mass is 9.79. The van der Waals surface area contributed by atoms with Gasteiger partial charge in [0.2, 0.25) is 0 Å². The maximum atomic E-state index is 12.7. The Bertz CT molecular complexity index is 875. The normalized spacial score (nSPS) is 20.4. The summed E-state index contributed by atoms with van der Waals surface area (Å²) in [6, 6.07) is 7.63. The first-order valence-electron chi connectivity index (χ1n) is 11.8. The van der Waals surface area contributed by atoms with Crippen LogP contribution in [-0.2, 0) is 30.6 Å². The summed E-state index contributed by atoms with van der Waals surface area (Å²) in [5.41, 5.74) is 1.84. The highest BCUT2D eigenvalue weighted by atomic mass is 32.2. The van der Waals surface area contributed by atoms with Gasteiger partial charge in [-0.3, -0.25) is 4.79 Å². The summed E-state index contributed by atoms with van der Waals surface area (Å²) in [5.74, 6) is 0.675. The molecule has 1 fully saturated rings. The Morgan fingerprint density at radius 1 is 1.06 bits per heavy atom. The predicted molar refractivity (Wildman–Crippen MR) is 129 cm³/mol. The number of hydrogen-bond acceptors (Lipinski definition) is 5. The van der Waals surface area contributed by atoms with E-state index < -0.39 is 9.84 Å². The molecule has 1 unspecified atom stereocenters. The largest absolute Gasteiger partial charge is 0.462 e.